The van der Waals surface area contributed by atoms with Crippen molar-refractivity contribution in [2.24, 2.45) is 0 Å². The summed E-state index contributed by atoms with van der Waals surface area (Å²) < 4.78 is 14.7. The van der Waals surface area contributed by atoms with E-state index in [0.29, 0.717) is 59.3 Å². The highest BCUT2D eigenvalue weighted by atomic mass is 19.1. The lowest BCUT2D eigenvalue weighted by atomic mass is 10.0. The predicted molar refractivity (Wildman–Crippen MR) is 128 cm³/mol. The maximum Gasteiger partial charge on any atom is 0.272 e. The molecule has 0 spiro atoms. The molecule has 1 unspecified atom stereocenters. The molecule has 4 aromatic rings. The number of carbonyl (C=O) groups is 1. The zero-order valence-electron chi connectivity index (χ0n) is 18.7. The van der Waals surface area contributed by atoms with Crippen molar-refractivity contribution in [1.82, 2.24) is 20.1 Å². The first kappa shape index (κ1) is 22.2. The average molecular weight is 468 g/mol. The van der Waals surface area contributed by atoms with Crippen molar-refractivity contribution in [3.63, 3.8) is 0 Å². The van der Waals surface area contributed by atoms with Crippen LogP contribution in [-0.4, -0.2) is 45.1 Å². The second-order valence-corrected chi connectivity index (χ2v) is 8.43. The molecule has 1 aliphatic rings. The third kappa shape index (κ3) is 4.46. The number of amides is 1. The largest absolute Gasteiger partial charge is 0.364 e. The monoisotopic (exact) mass is 468 g/mol. The fraction of sp³-hybridized carbons (Fsp3) is 0.192. The van der Waals surface area contributed by atoms with Crippen LogP contribution < -0.4 is 10.9 Å². The number of benzene rings is 2. The molecule has 2 aromatic heterocycles. The Morgan fingerprint density at radius 2 is 2.03 bits per heavy atom. The lowest BCUT2D eigenvalue weighted by Crippen LogP contribution is -2.32. The van der Waals surface area contributed by atoms with Crippen LogP contribution >= 0.6 is 0 Å². The van der Waals surface area contributed by atoms with E-state index in [1.165, 1.54) is 6.07 Å². The van der Waals surface area contributed by atoms with Gasteiger partial charge in [0.1, 0.15) is 17.7 Å². The average Bonchev–Trinajstić information content (AvgIpc) is 3.35. The van der Waals surface area contributed by atoms with Crippen LogP contribution in [0, 0.1) is 17.1 Å². The summed E-state index contributed by atoms with van der Waals surface area (Å²) in [6.45, 7) is 0.830. The fourth-order valence-corrected chi connectivity index (χ4v) is 4.38. The molecule has 35 heavy (non-hydrogen) atoms. The van der Waals surface area contributed by atoms with Gasteiger partial charge in [-0.2, -0.15) is 10.4 Å². The molecule has 0 aliphatic carbocycles. The number of nitrogens with zero attached hydrogens (tertiary/aromatic N) is 4. The van der Waals surface area contributed by atoms with E-state index >= 15 is 0 Å². The van der Waals surface area contributed by atoms with Crippen LogP contribution in [0.1, 0.15) is 33.6 Å². The van der Waals surface area contributed by atoms with Crippen LogP contribution in [0.4, 0.5) is 10.2 Å². The number of aromatic amines is 1. The first-order valence-electron chi connectivity index (χ1n) is 11.2. The van der Waals surface area contributed by atoms with Gasteiger partial charge in [0.2, 0.25) is 0 Å². The number of carbonyl (C=O) groups excluding carboxylic acids is 1. The summed E-state index contributed by atoms with van der Waals surface area (Å²) in [7, 11) is 0. The summed E-state index contributed by atoms with van der Waals surface area (Å²) in [5.41, 5.74) is 1.50. The van der Waals surface area contributed by atoms with E-state index in [1.54, 1.807) is 47.5 Å². The van der Waals surface area contributed by atoms with E-state index in [9.17, 15) is 19.2 Å². The number of H-pyrrole nitrogens is 1. The molecule has 3 heterocycles. The lowest BCUT2D eigenvalue weighted by Gasteiger charge is -2.18. The number of anilines is 1. The Morgan fingerprint density at radius 3 is 2.86 bits per heavy atom. The van der Waals surface area contributed by atoms with Gasteiger partial charge in [0.05, 0.1) is 22.2 Å². The summed E-state index contributed by atoms with van der Waals surface area (Å²) in [5, 5.41) is 20.4. The number of nitriles is 1. The third-order valence-electron chi connectivity index (χ3n) is 6.15. The van der Waals surface area contributed by atoms with Crippen LogP contribution in [0.3, 0.4) is 0 Å². The molecule has 0 radical (unpaired) electrons. The molecule has 1 saturated heterocycles. The number of fused-ring (bicyclic) bond motifs is 1. The summed E-state index contributed by atoms with van der Waals surface area (Å²) >= 11 is 0. The maximum atomic E-state index is 14.7. The molecular formula is C26H21FN6O2. The van der Waals surface area contributed by atoms with E-state index in [2.05, 4.69) is 26.6 Å². The quantitative estimate of drug-likeness (QED) is 0.465. The number of pyridine rings is 1. The van der Waals surface area contributed by atoms with Crippen molar-refractivity contribution < 1.29 is 9.18 Å². The van der Waals surface area contributed by atoms with Gasteiger partial charge in [-0.05, 0) is 42.3 Å². The summed E-state index contributed by atoms with van der Waals surface area (Å²) in [6.07, 6.45) is 2.59. The summed E-state index contributed by atoms with van der Waals surface area (Å²) in [5.74, 6) is -0.511. The Hall–Kier alpha value is -4.58. The smallest absolute Gasteiger partial charge is 0.272 e. The van der Waals surface area contributed by atoms with Crippen molar-refractivity contribution in [2.75, 3.05) is 18.4 Å². The van der Waals surface area contributed by atoms with E-state index in [4.69, 9.17) is 0 Å². The minimum atomic E-state index is -0.592. The molecule has 2 N–H and O–H groups in total. The molecule has 9 heteroatoms. The molecule has 174 valence electrons. The van der Waals surface area contributed by atoms with Crippen molar-refractivity contribution in [3.8, 4) is 6.07 Å². The van der Waals surface area contributed by atoms with Gasteiger partial charge in [0.25, 0.3) is 11.5 Å². The van der Waals surface area contributed by atoms with Crippen molar-refractivity contribution in [1.29, 1.82) is 5.26 Å². The number of aromatic nitrogens is 3. The molecule has 0 saturated carbocycles. The zero-order chi connectivity index (χ0) is 24.4. The zero-order valence-corrected chi connectivity index (χ0v) is 18.7. The molecule has 5 rings (SSSR count). The van der Waals surface area contributed by atoms with E-state index < -0.39 is 11.7 Å². The first-order chi connectivity index (χ1) is 17.0. The topological polar surface area (TPSA) is 115 Å². The highest BCUT2D eigenvalue weighted by Gasteiger charge is 2.29. The number of hydrogen-bond acceptors (Lipinski definition) is 6. The van der Waals surface area contributed by atoms with Gasteiger partial charge >= 0.3 is 0 Å². The van der Waals surface area contributed by atoms with E-state index in [1.807, 2.05) is 12.1 Å². The van der Waals surface area contributed by atoms with Gasteiger partial charge < -0.3 is 10.2 Å². The molecule has 1 atom stereocenters. The highest BCUT2D eigenvalue weighted by Crippen LogP contribution is 2.22. The second-order valence-electron chi connectivity index (χ2n) is 8.43. The van der Waals surface area contributed by atoms with Crippen LogP contribution in [0.15, 0.2) is 65.6 Å². The minimum absolute atomic E-state index is 0.00701. The predicted octanol–water partition coefficient (Wildman–Crippen LogP) is 3.25. The van der Waals surface area contributed by atoms with Crippen LogP contribution in [0.5, 0.6) is 0 Å². The fourth-order valence-electron chi connectivity index (χ4n) is 4.38. The molecule has 1 aliphatic heterocycles. The van der Waals surface area contributed by atoms with Crippen LogP contribution in [-0.2, 0) is 6.42 Å². The van der Waals surface area contributed by atoms with Crippen molar-refractivity contribution in [3.05, 3.63) is 99.3 Å². The lowest BCUT2D eigenvalue weighted by molar-refractivity contribution is 0.0787. The van der Waals surface area contributed by atoms with Gasteiger partial charge in [0, 0.05) is 37.1 Å². The Labute approximate surface area is 200 Å². The van der Waals surface area contributed by atoms with Gasteiger partial charge in [0.15, 0.2) is 0 Å². The minimum Gasteiger partial charge on any atom is -0.364 e. The number of rotatable bonds is 5. The van der Waals surface area contributed by atoms with E-state index in [0.717, 1.165) is 0 Å². The third-order valence-corrected chi connectivity index (χ3v) is 6.15. The number of halogens is 1. The van der Waals surface area contributed by atoms with Gasteiger partial charge in [-0.1, -0.05) is 24.3 Å². The first-order valence-corrected chi connectivity index (χ1v) is 11.2. The number of nitrogens with one attached hydrogen (secondary N) is 2. The number of likely N-dealkylation sites (tertiary alicyclic amines) is 1. The Kier molecular flexibility index (Phi) is 5.94. The summed E-state index contributed by atoms with van der Waals surface area (Å²) in [6, 6.07) is 17.0. The molecule has 2 aromatic carbocycles. The molecule has 1 fully saturated rings. The summed E-state index contributed by atoms with van der Waals surface area (Å²) in [4.78, 5) is 31.0. The molecule has 1 amide bonds. The van der Waals surface area contributed by atoms with Gasteiger partial charge in [-0.3, -0.25) is 9.59 Å². The SMILES string of the molecule is N#Cc1cccnc1NC1CCN(C(=O)c2cc(Cc3n[nH]c(=O)c4ccccc34)ccc2F)C1. The molecular weight excluding hydrogens is 447 g/mol. The van der Waals surface area contributed by atoms with Crippen LogP contribution in [0.25, 0.3) is 10.8 Å². The number of hydrogen-bond donors (Lipinski definition) is 2. The molecule has 8 nitrogen and oxygen atoms in total. The van der Waals surface area contributed by atoms with E-state index in [-0.39, 0.29) is 17.2 Å². The molecule has 0 bridgehead atoms. The van der Waals surface area contributed by atoms with Crippen LogP contribution in [0.2, 0.25) is 0 Å². The Morgan fingerprint density at radius 1 is 1.20 bits per heavy atom. The second kappa shape index (κ2) is 9.35. The highest BCUT2D eigenvalue weighted by molar-refractivity contribution is 5.95. The standard InChI is InChI=1S/C26H21FN6O2/c27-22-8-7-16(13-23-19-5-1-2-6-20(19)25(34)32-31-23)12-21(22)26(35)33-11-9-18(15-33)30-24-17(14-28)4-3-10-29-24/h1-8,10,12,18H,9,11,13,15H2,(H,29,30)(H,32,34). The van der Waals surface area contributed by atoms with Gasteiger partial charge in [-0.15, -0.1) is 0 Å². The Balaban J connectivity index is 1.34. The van der Waals surface area contributed by atoms with Crippen molar-refractivity contribution in [2.45, 2.75) is 18.9 Å². The van der Waals surface area contributed by atoms with Crippen molar-refractivity contribution >= 4 is 22.5 Å². The Bertz CT molecular complexity index is 1530. The normalized spacial score (nSPS) is 15.2. The van der Waals surface area contributed by atoms with Gasteiger partial charge in [-0.25, -0.2) is 14.5 Å². The maximum absolute atomic E-state index is 14.7.